The number of aliphatic hydroxyl groups excluding tert-OH is 1. The molecule has 0 aromatic heterocycles. The van der Waals surface area contributed by atoms with Crippen molar-refractivity contribution in [1.29, 1.82) is 0 Å². The lowest BCUT2D eigenvalue weighted by molar-refractivity contribution is -0.140. The first-order chi connectivity index (χ1) is 11.8. The Hall–Kier alpha value is -1.68. The number of amides is 1. The Bertz CT molecular complexity index is 653. The largest absolute Gasteiger partial charge is 0.395 e. The quantitative estimate of drug-likeness (QED) is 0.854. The van der Waals surface area contributed by atoms with E-state index in [1.54, 1.807) is 4.90 Å². The fourth-order valence-corrected chi connectivity index (χ4v) is 3.67. The number of Topliss-reactive ketones (excluding diaryl/α,β-unsaturated/α-hetero) is 1. The molecule has 25 heavy (non-hydrogen) atoms. The molecule has 1 aliphatic heterocycles. The molecular weight excluding hydrogens is 314 g/mol. The molecule has 0 spiro atoms. The summed E-state index contributed by atoms with van der Waals surface area (Å²) in [7, 11) is 0. The van der Waals surface area contributed by atoms with Crippen molar-refractivity contribution in [3.05, 3.63) is 35.4 Å². The van der Waals surface area contributed by atoms with Gasteiger partial charge in [-0.25, -0.2) is 0 Å². The van der Waals surface area contributed by atoms with Gasteiger partial charge in [0.05, 0.1) is 12.0 Å². The maximum Gasteiger partial charge on any atom is 0.231 e. The molecule has 2 fully saturated rings. The van der Waals surface area contributed by atoms with Crippen LogP contribution in [0, 0.1) is 11.3 Å². The number of likely N-dealkylation sites (tertiary alicyclic amines) is 1. The molecule has 1 atom stereocenters. The van der Waals surface area contributed by atoms with Gasteiger partial charge in [0.15, 0.2) is 5.78 Å². The van der Waals surface area contributed by atoms with Crippen LogP contribution in [0.5, 0.6) is 0 Å². The van der Waals surface area contributed by atoms with Crippen LogP contribution >= 0.6 is 0 Å². The topological polar surface area (TPSA) is 57.6 Å². The lowest BCUT2D eigenvalue weighted by Gasteiger charge is -2.34. The molecule has 4 nitrogen and oxygen atoms in total. The standard InChI is InChI=1S/C21H29NO3/c1-20(2,3)17-8-6-15(7-9-17)18(24)16-5-4-12-22(13-16)19(25)21(14-23)10-11-21/h6-9,16,23H,4-5,10-14H2,1-3H3/t16-/m0/s1. The van der Waals surface area contributed by atoms with Gasteiger partial charge >= 0.3 is 0 Å². The fraction of sp³-hybridized carbons (Fsp3) is 0.619. The van der Waals surface area contributed by atoms with Gasteiger partial charge in [-0.3, -0.25) is 9.59 Å². The zero-order valence-electron chi connectivity index (χ0n) is 15.5. The summed E-state index contributed by atoms with van der Waals surface area (Å²) in [6.45, 7) is 7.58. The van der Waals surface area contributed by atoms with Crippen molar-refractivity contribution >= 4 is 11.7 Å². The molecule has 4 heteroatoms. The van der Waals surface area contributed by atoms with Crippen LogP contribution in [0.2, 0.25) is 0 Å². The summed E-state index contributed by atoms with van der Waals surface area (Å²) in [5, 5.41) is 9.49. The van der Waals surface area contributed by atoms with E-state index in [0.29, 0.717) is 13.1 Å². The second-order valence-electron chi connectivity index (χ2n) is 8.72. The normalized spacial score (nSPS) is 22.6. The SMILES string of the molecule is CC(C)(C)c1ccc(C(=O)[C@H]2CCCN(C(=O)C3(CO)CC3)C2)cc1. The van der Waals surface area contributed by atoms with E-state index in [9.17, 15) is 14.7 Å². The summed E-state index contributed by atoms with van der Waals surface area (Å²) in [6.07, 6.45) is 3.22. The zero-order valence-corrected chi connectivity index (χ0v) is 15.5. The van der Waals surface area contributed by atoms with Crippen LogP contribution in [0.25, 0.3) is 0 Å². The highest BCUT2D eigenvalue weighted by Gasteiger charge is 2.51. The maximum atomic E-state index is 12.9. The van der Waals surface area contributed by atoms with Crippen molar-refractivity contribution in [1.82, 2.24) is 4.90 Å². The Morgan fingerprint density at radius 1 is 1.20 bits per heavy atom. The number of nitrogens with zero attached hydrogens (tertiary/aromatic N) is 1. The van der Waals surface area contributed by atoms with Crippen LogP contribution in [-0.2, 0) is 10.2 Å². The van der Waals surface area contributed by atoms with Crippen molar-refractivity contribution in [3.8, 4) is 0 Å². The monoisotopic (exact) mass is 343 g/mol. The number of benzene rings is 1. The van der Waals surface area contributed by atoms with Crippen LogP contribution in [0.4, 0.5) is 0 Å². The third-order valence-electron chi connectivity index (χ3n) is 5.72. The predicted octanol–water partition coefficient (Wildman–Crippen LogP) is 3.18. The minimum absolute atomic E-state index is 0.0376. The van der Waals surface area contributed by atoms with Crippen LogP contribution in [0.3, 0.4) is 0 Å². The molecule has 0 radical (unpaired) electrons. The summed E-state index contributed by atoms with van der Waals surface area (Å²) >= 11 is 0. The summed E-state index contributed by atoms with van der Waals surface area (Å²) in [5.41, 5.74) is 1.47. The van der Waals surface area contributed by atoms with Crippen molar-refractivity contribution in [2.75, 3.05) is 19.7 Å². The van der Waals surface area contributed by atoms with Gasteiger partial charge in [-0.15, -0.1) is 0 Å². The van der Waals surface area contributed by atoms with Crippen molar-refractivity contribution in [2.45, 2.75) is 51.9 Å². The molecule has 1 amide bonds. The van der Waals surface area contributed by atoms with Crippen molar-refractivity contribution in [3.63, 3.8) is 0 Å². The zero-order chi connectivity index (χ0) is 18.2. The average Bonchev–Trinajstić information content (AvgIpc) is 3.41. The second kappa shape index (κ2) is 6.56. The Morgan fingerprint density at radius 3 is 2.36 bits per heavy atom. The van der Waals surface area contributed by atoms with Crippen molar-refractivity contribution in [2.24, 2.45) is 11.3 Å². The number of ketones is 1. The molecule has 1 aliphatic carbocycles. The molecule has 1 aromatic carbocycles. The third kappa shape index (κ3) is 3.64. The first kappa shape index (κ1) is 18.1. The summed E-state index contributed by atoms with van der Waals surface area (Å²) in [4.78, 5) is 27.3. The highest BCUT2D eigenvalue weighted by Crippen LogP contribution is 2.47. The molecule has 2 aliphatic rings. The smallest absolute Gasteiger partial charge is 0.231 e. The number of piperidine rings is 1. The lowest BCUT2D eigenvalue weighted by Crippen LogP contribution is -2.46. The number of aliphatic hydroxyl groups is 1. The van der Waals surface area contributed by atoms with Crippen LogP contribution < -0.4 is 0 Å². The average molecular weight is 343 g/mol. The van der Waals surface area contributed by atoms with E-state index in [4.69, 9.17) is 0 Å². The Morgan fingerprint density at radius 2 is 1.84 bits per heavy atom. The van der Waals surface area contributed by atoms with Crippen molar-refractivity contribution < 1.29 is 14.7 Å². The second-order valence-corrected chi connectivity index (χ2v) is 8.72. The van der Waals surface area contributed by atoms with Gasteiger partial charge in [0.2, 0.25) is 5.91 Å². The Labute approximate surface area is 150 Å². The molecule has 0 bridgehead atoms. The maximum absolute atomic E-state index is 12.9. The molecule has 1 N–H and O–H groups in total. The number of rotatable bonds is 4. The minimum Gasteiger partial charge on any atom is -0.395 e. The summed E-state index contributed by atoms with van der Waals surface area (Å²) in [6, 6.07) is 7.90. The molecule has 1 aromatic rings. The highest BCUT2D eigenvalue weighted by atomic mass is 16.3. The van der Waals surface area contributed by atoms with Gasteiger partial charge in [0.1, 0.15) is 0 Å². The van der Waals surface area contributed by atoms with Crippen LogP contribution in [0.15, 0.2) is 24.3 Å². The van der Waals surface area contributed by atoms with Gasteiger partial charge in [-0.05, 0) is 36.7 Å². The number of carbonyl (C=O) groups is 2. The minimum atomic E-state index is -0.542. The third-order valence-corrected chi connectivity index (χ3v) is 5.72. The van der Waals surface area contributed by atoms with E-state index in [1.807, 2.05) is 24.3 Å². The van der Waals surface area contributed by atoms with Gasteiger partial charge in [-0.2, -0.15) is 0 Å². The Kier molecular flexibility index (Phi) is 4.76. The first-order valence-corrected chi connectivity index (χ1v) is 9.32. The fourth-order valence-electron chi connectivity index (χ4n) is 3.67. The first-order valence-electron chi connectivity index (χ1n) is 9.32. The van der Waals surface area contributed by atoms with E-state index < -0.39 is 5.41 Å². The van der Waals surface area contributed by atoms with E-state index >= 15 is 0 Å². The molecular formula is C21H29NO3. The number of hydrogen-bond acceptors (Lipinski definition) is 3. The van der Waals surface area contributed by atoms with E-state index in [0.717, 1.165) is 31.2 Å². The molecule has 0 unspecified atom stereocenters. The molecule has 1 saturated carbocycles. The predicted molar refractivity (Wildman–Crippen MR) is 97.5 cm³/mol. The summed E-state index contributed by atoms with van der Waals surface area (Å²) < 4.78 is 0. The van der Waals surface area contributed by atoms with Gasteiger partial charge in [0, 0.05) is 24.6 Å². The van der Waals surface area contributed by atoms with Gasteiger partial charge < -0.3 is 10.0 Å². The number of carbonyl (C=O) groups excluding carboxylic acids is 2. The number of hydrogen-bond donors (Lipinski definition) is 1. The molecule has 3 rings (SSSR count). The van der Waals surface area contributed by atoms with E-state index in [-0.39, 0.29) is 29.6 Å². The van der Waals surface area contributed by atoms with Gasteiger partial charge in [-0.1, -0.05) is 45.0 Å². The van der Waals surface area contributed by atoms with Crippen LogP contribution in [-0.4, -0.2) is 41.4 Å². The van der Waals surface area contributed by atoms with Gasteiger partial charge in [0.25, 0.3) is 0 Å². The van der Waals surface area contributed by atoms with E-state index in [2.05, 4.69) is 20.8 Å². The molecule has 1 heterocycles. The Balaban J connectivity index is 1.69. The lowest BCUT2D eigenvalue weighted by atomic mass is 9.84. The summed E-state index contributed by atoms with van der Waals surface area (Å²) in [5.74, 6) is 0.0371. The van der Waals surface area contributed by atoms with E-state index in [1.165, 1.54) is 5.56 Å². The molecule has 136 valence electrons. The van der Waals surface area contributed by atoms with Crippen LogP contribution in [0.1, 0.15) is 62.4 Å². The highest BCUT2D eigenvalue weighted by molar-refractivity contribution is 5.98. The molecule has 1 saturated heterocycles.